The number of ether oxygens (including phenoxy) is 1. The van der Waals surface area contributed by atoms with Crippen LogP contribution in [-0.2, 0) is 20.1 Å². The fourth-order valence-electron chi connectivity index (χ4n) is 2.22. The monoisotopic (exact) mass is 273 g/mol. The molecule has 2 aromatic rings. The largest absolute Gasteiger partial charge is 0.495 e. The Hall–Kier alpha value is -1.94. The molecular formula is C16H23N3O. The molecule has 1 heterocycles. The summed E-state index contributed by atoms with van der Waals surface area (Å²) in [5.41, 5.74) is 3.56. The van der Waals surface area contributed by atoms with E-state index >= 15 is 0 Å². The topological polar surface area (TPSA) is 29.4 Å². The van der Waals surface area contributed by atoms with Gasteiger partial charge < -0.3 is 19.5 Å². The van der Waals surface area contributed by atoms with Crippen LogP contribution in [0.1, 0.15) is 11.1 Å². The van der Waals surface area contributed by atoms with Crippen LogP contribution in [0.5, 0.6) is 5.75 Å². The third kappa shape index (κ3) is 3.78. The Labute approximate surface area is 121 Å². The van der Waals surface area contributed by atoms with E-state index in [4.69, 9.17) is 4.74 Å². The lowest BCUT2D eigenvalue weighted by atomic mass is 10.1. The van der Waals surface area contributed by atoms with E-state index in [1.165, 1.54) is 11.1 Å². The van der Waals surface area contributed by atoms with Crippen LogP contribution in [0.2, 0.25) is 0 Å². The maximum atomic E-state index is 5.42. The molecule has 20 heavy (non-hydrogen) atoms. The lowest BCUT2D eigenvalue weighted by Crippen LogP contribution is -2.11. The molecule has 108 valence electrons. The second-order valence-corrected chi connectivity index (χ2v) is 5.31. The van der Waals surface area contributed by atoms with Gasteiger partial charge in [-0.25, -0.2) is 0 Å². The van der Waals surface area contributed by atoms with Crippen LogP contribution in [0.15, 0.2) is 36.7 Å². The predicted octanol–water partition coefficient (Wildman–Crippen LogP) is 2.71. The molecule has 1 aromatic heterocycles. The number of hydrogen-bond acceptors (Lipinski definition) is 3. The molecule has 2 rings (SSSR count). The summed E-state index contributed by atoms with van der Waals surface area (Å²) in [5.74, 6) is 0.878. The Morgan fingerprint density at radius 3 is 2.60 bits per heavy atom. The molecule has 0 saturated carbocycles. The fraction of sp³-hybridized carbons (Fsp3) is 0.375. The maximum Gasteiger partial charge on any atom is 0.141 e. The zero-order chi connectivity index (χ0) is 14.5. The number of hydrogen-bond donors (Lipinski definition) is 1. The van der Waals surface area contributed by atoms with Gasteiger partial charge in [0, 0.05) is 32.5 Å². The summed E-state index contributed by atoms with van der Waals surface area (Å²) >= 11 is 0. The second-order valence-electron chi connectivity index (χ2n) is 5.31. The van der Waals surface area contributed by atoms with Crippen LogP contribution in [-0.4, -0.2) is 30.7 Å². The molecular weight excluding hydrogens is 250 g/mol. The summed E-state index contributed by atoms with van der Waals surface area (Å²) in [6.07, 6.45) is 4.17. The Bertz CT molecular complexity index is 561. The van der Waals surface area contributed by atoms with Crippen molar-refractivity contribution in [2.45, 2.75) is 13.1 Å². The minimum absolute atomic E-state index is 0.794. The number of anilines is 1. The molecule has 0 aliphatic heterocycles. The van der Waals surface area contributed by atoms with Crippen LogP contribution >= 0.6 is 0 Å². The molecule has 1 N–H and O–H groups in total. The van der Waals surface area contributed by atoms with E-state index in [0.29, 0.717) is 0 Å². The number of benzene rings is 1. The lowest BCUT2D eigenvalue weighted by molar-refractivity contribution is 0.400. The summed E-state index contributed by atoms with van der Waals surface area (Å²) in [7, 11) is 7.87. The van der Waals surface area contributed by atoms with Crippen LogP contribution in [0, 0.1) is 0 Å². The quantitative estimate of drug-likeness (QED) is 0.877. The van der Waals surface area contributed by atoms with Crippen molar-refractivity contribution in [2.75, 3.05) is 26.5 Å². The summed E-state index contributed by atoms with van der Waals surface area (Å²) < 4.78 is 7.47. The average molecular weight is 273 g/mol. The van der Waals surface area contributed by atoms with Gasteiger partial charge in [0.25, 0.3) is 0 Å². The van der Waals surface area contributed by atoms with Gasteiger partial charge in [-0.15, -0.1) is 0 Å². The first-order valence-electron chi connectivity index (χ1n) is 6.75. The van der Waals surface area contributed by atoms with Crippen molar-refractivity contribution in [2.24, 2.45) is 7.05 Å². The van der Waals surface area contributed by atoms with E-state index in [1.807, 2.05) is 13.1 Å². The van der Waals surface area contributed by atoms with Crippen LogP contribution in [0.25, 0.3) is 0 Å². The first-order chi connectivity index (χ1) is 9.58. The molecule has 0 spiro atoms. The third-order valence-corrected chi connectivity index (χ3v) is 3.14. The minimum Gasteiger partial charge on any atom is -0.495 e. The van der Waals surface area contributed by atoms with Gasteiger partial charge in [0.15, 0.2) is 0 Å². The van der Waals surface area contributed by atoms with Crippen LogP contribution in [0.3, 0.4) is 0 Å². The first-order valence-corrected chi connectivity index (χ1v) is 6.75. The van der Waals surface area contributed by atoms with Crippen LogP contribution in [0.4, 0.5) is 5.69 Å². The summed E-state index contributed by atoms with van der Waals surface area (Å²) in [4.78, 5) is 2.16. The Balaban J connectivity index is 2.11. The van der Waals surface area contributed by atoms with Gasteiger partial charge in [0.05, 0.1) is 12.8 Å². The van der Waals surface area contributed by atoms with Gasteiger partial charge >= 0.3 is 0 Å². The molecule has 0 fully saturated rings. The van der Waals surface area contributed by atoms with Crippen LogP contribution < -0.4 is 10.1 Å². The van der Waals surface area contributed by atoms with E-state index in [9.17, 15) is 0 Å². The molecule has 4 nitrogen and oxygen atoms in total. The Morgan fingerprint density at radius 2 is 2.00 bits per heavy atom. The highest BCUT2D eigenvalue weighted by atomic mass is 16.5. The SMILES string of the molecule is COc1ccc(CN(C)C)cc1NCc1ccn(C)c1. The normalized spacial score (nSPS) is 10.8. The van der Waals surface area contributed by atoms with E-state index in [-0.39, 0.29) is 0 Å². The number of rotatable bonds is 6. The van der Waals surface area contributed by atoms with Crippen molar-refractivity contribution in [3.63, 3.8) is 0 Å². The highest BCUT2D eigenvalue weighted by molar-refractivity contribution is 5.58. The third-order valence-electron chi connectivity index (χ3n) is 3.14. The molecule has 0 aliphatic carbocycles. The van der Waals surface area contributed by atoms with E-state index in [2.05, 4.69) is 59.5 Å². The van der Waals surface area contributed by atoms with E-state index < -0.39 is 0 Å². The standard InChI is InChI=1S/C16H23N3O/c1-18(2)11-13-5-6-16(20-4)15(9-13)17-10-14-7-8-19(3)12-14/h5-9,12,17H,10-11H2,1-4H3. The summed E-state index contributed by atoms with van der Waals surface area (Å²) in [6, 6.07) is 8.39. The van der Waals surface area contributed by atoms with Crippen molar-refractivity contribution >= 4 is 5.69 Å². The molecule has 4 heteroatoms. The smallest absolute Gasteiger partial charge is 0.141 e. The van der Waals surface area contributed by atoms with Gasteiger partial charge in [-0.3, -0.25) is 0 Å². The number of methoxy groups -OCH3 is 1. The van der Waals surface area contributed by atoms with Gasteiger partial charge in [0.2, 0.25) is 0 Å². The molecule has 0 saturated heterocycles. The second kappa shape index (κ2) is 6.48. The Morgan fingerprint density at radius 1 is 1.20 bits per heavy atom. The van der Waals surface area contributed by atoms with Crippen molar-refractivity contribution in [1.82, 2.24) is 9.47 Å². The zero-order valence-electron chi connectivity index (χ0n) is 12.7. The van der Waals surface area contributed by atoms with Crippen molar-refractivity contribution in [3.05, 3.63) is 47.8 Å². The number of aryl methyl sites for hydroxylation is 1. The molecule has 0 aliphatic rings. The van der Waals surface area contributed by atoms with Crippen molar-refractivity contribution in [3.8, 4) is 5.75 Å². The molecule has 1 aromatic carbocycles. The minimum atomic E-state index is 0.794. The predicted molar refractivity (Wildman–Crippen MR) is 83.1 cm³/mol. The zero-order valence-corrected chi connectivity index (χ0v) is 12.7. The highest BCUT2D eigenvalue weighted by Crippen LogP contribution is 2.26. The molecule has 0 bridgehead atoms. The fourth-order valence-corrected chi connectivity index (χ4v) is 2.22. The maximum absolute atomic E-state index is 5.42. The average Bonchev–Trinajstić information content (AvgIpc) is 2.82. The van der Waals surface area contributed by atoms with E-state index in [0.717, 1.165) is 24.5 Å². The number of aromatic nitrogens is 1. The van der Waals surface area contributed by atoms with Gasteiger partial charge in [-0.05, 0) is 43.4 Å². The van der Waals surface area contributed by atoms with Gasteiger partial charge in [-0.1, -0.05) is 6.07 Å². The molecule has 0 unspecified atom stereocenters. The number of nitrogens with zero attached hydrogens (tertiary/aromatic N) is 2. The van der Waals surface area contributed by atoms with Crippen molar-refractivity contribution in [1.29, 1.82) is 0 Å². The molecule has 0 amide bonds. The highest BCUT2D eigenvalue weighted by Gasteiger charge is 2.05. The summed E-state index contributed by atoms with van der Waals surface area (Å²) in [6.45, 7) is 1.71. The van der Waals surface area contributed by atoms with Gasteiger partial charge in [-0.2, -0.15) is 0 Å². The number of nitrogens with one attached hydrogen (secondary N) is 1. The first kappa shape index (κ1) is 14.5. The van der Waals surface area contributed by atoms with Gasteiger partial charge in [0.1, 0.15) is 5.75 Å². The summed E-state index contributed by atoms with van der Waals surface area (Å²) in [5, 5.41) is 3.45. The lowest BCUT2D eigenvalue weighted by Gasteiger charge is -2.15. The molecule has 0 radical (unpaired) electrons. The molecule has 0 atom stereocenters. The Kier molecular flexibility index (Phi) is 4.69. The van der Waals surface area contributed by atoms with E-state index in [1.54, 1.807) is 7.11 Å². The van der Waals surface area contributed by atoms with Crippen molar-refractivity contribution < 1.29 is 4.74 Å².